The summed E-state index contributed by atoms with van der Waals surface area (Å²) in [5, 5.41) is 2.59. The molecule has 1 aliphatic heterocycles. The molecule has 2 aliphatic rings. The summed E-state index contributed by atoms with van der Waals surface area (Å²) in [6.45, 7) is 1.04. The van der Waals surface area contributed by atoms with Crippen LogP contribution in [0.2, 0.25) is 0 Å². The number of carbonyl (C=O) groups excluding carboxylic acids is 1. The number of carbonyl (C=O) groups is 1. The van der Waals surface area contributed by atoms with E-state index in [4.69, 9.17) is 15.2 Å². The Morgan fingerprint density at radius 2 is 2.43 bits per heavy atom. The molecular weight excluding hydrogens is 184 g/mol. The van der Waals surface area contributed by atoms with Crippen LogP contribution >= 0.6 is 0 Å². The molecule has 1 heterocycles. The summed E-state index contributed by atoms with van der Waals surface area (Å²) < 4.78 is 10.6. The Balaban J connectivity index is 1.65. The van der Waals surface area contributed by atoms with Crippen LogP contribution in [-0.2, 0) is 9.47 Å². The van der Waals surface area contributed by atoms with Crippen molar-refractivity contribution in [1.82, 2.24) is 5.32 Å². The highest BCUT2D eigenvalue weighted by Gasteiger charge is 2.26. The molecule has 1 aliphatic carbocycles. The van der Waals surface area contributed by atoms with Gasteiger partial charge in [-0.1, -0.05) is 0 Å². The molecule has 1 amide bonds. The largest absolute Gasteiger partial charge is 0.442 e. The average Bonchev–Trinajstić information content (AvgIpc) is 2.72. The lowest BCUT2D eigenvalue weighted by Crippen LogP contribution is -2.24. The molecule has 1 saturated heterocycles. The first-order chi connectivity index (χ1) is 6.74. The highest BCUT2D eigenvalue weighted by Crippen LogP contribution is 2.20. The van der Waals surface area contributed by atoms with Crippen LogP contribution < -0.4 is 11.1 Å². The van der Waals surface area contributed by atoms with Gasteiger partial charge in [0.25, 0.3) is 0 Å². The van der Waals surface area contributed by atoms with Crippen molar-refractivity contribution in [3.05, 3.63) is 0 Å². The lowest BCUT2D eigenvalue weighted by molar-refractivity contribution is 0.00260. The van der Waals surface area contributed by atoms with Gasteiger partial charge in [-0.05, 0) is 19.3 Å². The highest BCUT2D eigenvalue weighted by atomic mass is 16.6. The molecule has 3 atom stereocenters. The molecule has 0 aromatic heterocycles. The zero-order chi connectivity index (χ0) is 9.97. The molecule has 14 heavy (non-hydrogen) atoms. The van der Waals surface area contributed by atoms with E-state index in [0.29, 0.717) is 13.2 Å². The Morgan fingerprint density at radius 3 is 3.00 bits per heavy atom. The van der Waals surface area contributed by atoms with E-state index in [0.717, 1.165) is 19.3 Å². The third kappa shape index (κ3) is 2.36. The van der Waals surface area contributed by atoms with Gasteiger partial charge in [0, 0.05) is 6.04 Å². The number of ether oxygens (including phenoxy) is 2. The van der Waals surface area contributed by atoms with Crippen molar-refractivity contribution in [2.75, 3.05) is 13.2 Å². The Labute approximate surface area is 82.9 Å². The van der Waals surface area contributed by atoms with Crippen molar-refractivity contribution in [2.24, 2.45) is 5.73 Å². The minimum absolute atomic E-state index is 0.126. The Kier molecular flexibility index (Phi) is 2.88. The zero-order valence-electron chi connectivity index (χ0n) is 8.07. The van der Waals surface area contributed by atoms with Crippen molar-refractivity contribution in [2.45, 2.75) is 37.5 Å². The van der Waals surface area contributed by atoms with Crippen LogP contribution in [0, 0.1) is 0 Å². The summed E-state index contributed by atoms with van der Waals surface area (Å²) in [5.41, 5.74) is 5.75. The number of hydrogen-bond acceptors (Lipinski definition) is 4. The van der Waals surface area contributed by atoms with Crippen LogP contribution in [0.1, 0.15) is 19.3 Å². The number of hydrogen-bond donors (Lipinski definition) is 2. The highest BCUT2D eigenvalue weighted by molar-refractivity contribution is 5.69. The maximum absolute atomic E-state index is 10.7. The zero-order valence-corrected chi connectivity index (χ0v) is 8.07. The van der Waals surface area contributed by atoms with Gasteiger partial charge < -0.3 is 20.5 Å². The lowest BCUT2D eigenvalue weighted by Gasteiger charge is -2.14. The minimum atomic E-state index is -0.346. The third-order valence-corrected chi connectivity index (χ3v) is 2.69. The first-order valence-electron chi connectivity index (χ1n) is 5.05. The SMILES string of the molecule is NC1CCC(OCC2CNC(=O)O2)C1. The summed E-state index contributed by atoms with van der Waals surface area (Å²) in [6, 6.07) is 0.282. The number of rotatable bonds is 3. The maximum Gasteiger partial charge on any atom is 0.407 e. The molecule has 0 aromatic rings. The lowest BCUT2D eigenvalue weighted by atomic mass is 10.3. The molecule has 0 aromatic carbocycles. The van der Waals surface area contributed by atoms with Gasteiger partial charge >= 0.3 is 6.09 Å². The predicted molar refractivity (Wildman–Crippen MR) is 49.8 cm³/mol. The van der Waals surface area contributed by atoms with Gasteiger partial charge in [-0.3, -0.25) is 0 Å². The number of alkyl carbamates (subject to hydrolysis) is 1. The Bertz CT molecular complexity index is 222. The normalized spacial score (nSPS) is 36.9. The molecule has 1 saturated carbocycles. The monoisotopic (exact) mass is 200 g/mol. The summed E-state index contributed by atoms with van der Waals surface area (Å²) in [6.07, 6.45) is 2.77. The standard InChI is InChI=1S/C9H16N2O3/c10-6-1-2-7(3-6)13-5-8-4-11-9(12)14-8/h6-8H,1-5,10H2,(H,11,12). The van der Waals surface area contributed by atoms with E-state index in [1.807, 2.05) is 0 Å². The molecule has 0 bridgehead atoms. The van der Waals surface area contributed by atoms with Gasteiger partial charge in [0.15, 0.2) is 0 Å². The van der Waals surface area contributed by atoms with E-state index in [1.165, 1.54) is 0 Å². The van der Waals surface area contributed by atoms with E-state index >= 15 is 0 Å². The van der Waals surface area contributed by atoms with Crippen molar-refractivity contribution < 1.29 is 14.3 Å². The minimum Gasteiger partial charge on any atom is -0.442 e. The van der Waals surface area contributed by atoms with Crippen LogP contribution in [0.3, 0.4) is 0 Å². The summed E-state index contributed by atoms with van der Waals surface area (Å²) in [4.78, 5) is 10.7. The molecule has 0 radical (unpaired) electrons. The van der Waals surface area contributed by atoms with E-state index in [2.05, 4.69) is 5.32 Å². The first-order valence-corrected chi connectivity index (χ1v) is 5.05. The van der Waals surface area contributed by atoms with Gasteiger partial charge in [0.1, 0.15) is 6.10 Å². The van der Waals surface area contributed by atoms with E-state index in [-0.39, 0.29) is 24.3 Å². The fourth-order valence-electron chi connectivity index (χ4n) is 1.89. The Morgan fingerprint density at radius 1 is 1.57 bits per heavy atom. The van der Waals surface area contributed by atoms with Crippen LogP contribution in [0.5, 0.6) is 0 Å². The summed E-state index contributed by atoms with van der Waals surface area (Å²) in [5.74, 6) is 0. The fraction of sp³-hybridized carbons (Fsp3) is 0.889. The van der Waals surface area contributed by atoms with Crippen LogP contribution in [0.15, 0.2) is 0 Å². The summed E-state index contributed by atoms with van der Waals surface area (Å²) >= 11 is 0. The second kappa shape index (κ2) is 4.14. The average molecular weight is 200 g/mol. The predicted octanol–water partition coefficient (Wildman–Crippen LogP) is -0.00880. The van der Waals surface area contributed by atoms with Crippen LogP contribution in [0.4, 0.5) is 4.79 Å². The van der Waals surface area contributed by atoms with Gasteiger partial charge in [-0.2, -0.15) is 0 Å². The second-order valence-electron chi connectivity index (χ2n) is 3.94. The first kappa shape index (κ1) is 9.73. The van der Waals surface area contributed by atoms with E-state index in [1.54, 1.807) is 0 Å². The van der Waals surface area contributed by atoms with Crippen molar-refractivity contribution in [3.63, 3.8) is 0 Å². The topological polar surface area (TPSA) is 73.6 Å². The molecule has 5 nitrogen and oxygen atoms in total. The molecule has 2 fully saturated rings. The number of amides is 1. The third-order valence-electron chi connectivity index (χ3n) is 2.69. The molecule has 0 spiro atoms. The molecule has 80 valence electrons. The smallest absolute Gasteiger partial charge is 0.407 e. The molecule has 3 unspecified atom stereocenters. The van der Waals surface area contributed by atoms with E-state index in [9.17, 15) is 4.79 Å². The van der Waals surface area contributed by atoms with Crippen molar-refractivity contribution >= 4 is 6.09 Å². The second-order valence-corrected chi connectivity index (χ2v) is 3.94. The van der Waals surface area contributed by atoms with Crippen molar-refractivity contribution in [3.8, 4) is 0 Å². The van der Waals surface area contributed by atoms with Crippen molar-refractivity contribution in [1.29, 1.82) is 0 Å². The van der Waals surface area contributed by atoms with Gasteiger partial charge in [-0.15, -0.1) is 0 Å². The molecular formula is C9H16N2O3. The number of nitrogens with one attached hydrogen (secondary N) is 1. The number of cyclic esters (lactones) is 1. The quantitative estimate of drug-likeness (QED) is 0.672. The molecule has 5 heteroatoms. The fourth-order valence-corrected chi connectivity index (χ4v) is 1.89. The summed E-state index contributed by atoms with van der Waals surface area (Å²) in [7, 11) is 0. The molecule has 2 rings (SSSR count). The Hall–Kier alpha value is -0.810. The van der Waals surface area contributed by atoms with Crippen LogP contribution in [0.25, 0.3) is 0 Å². The van der Waals surface area contributed by atoms with Crippen LogP contribution in [-0.4, -0.2) is 37.5 Å². The van der Waals surface area contributed by atoms with Gasteiger partial charge in [0.05, 0.1) is 19.3 Å². The van der Waals surface area contributed by atoms with E-state index < -0.39 is 0 Å². The van der Waals surface area contributed by atoms with Gasteiger partial charge in [0.2, 0.25) is 0 Å². The maximum atomic E-state index is 10.7. The number of nitrogens with two attached hydrogens (primary N) is 1. The molecule has 3 N–H and O–H groups in total. The van der Waals surface area contributed by atoms with Gasteiger partial charge in [-0.25, -0.2) is 4.79 Å².